The van der Waals surface area contributed by atoms with Crippen molar-refractivity contribution in [2.24, 2.45) is 5.73 Å². The lowest BCUT2D eigenvalue weighted by Gasteiger charge is -2.35. The van der Waals surface area contributed by atoms with Crippen LogP contribution in [0.3, 0.4) is 0 Å². The Morgan fingerprint density at radius 2 is 1.87 bits per heavy atom. The maximum atomic E-state index is 12.6. The van der Waals surface area contributed by atoms with Crippen molar-refractivity contribution < 1.29 is 9.59 Å². The van der Waals surface area contributed by atoms with Gasteiger partial charge in [0.15, 0.2) is 0 Å². The van der Waals surface area contributed by atoms with E-state index in [9.17, 15) is 9.59 Å². The molecule has 1 heterocycles. The number of fused-ring (bicyclic) bond motifs is 1. The predicted octanol–water partition coefficient (Wildman–Crippen LogP) is 2.78. The highest BCUT2D eigenvalue weighted by molar-refractivity contribution is 6.30. The average Bonchev–Trinajstić information content (AvgIpc) is 2.53. The number of nitrogens with one attached hydrogen (secondary N) is 1. The standard InChI is InChI=1S/C17H16ClN3O2/c18-13-6-3-7-14(9-13)20-17(23)21-10-12-5-2-1-4-11(12)8-15(21)16(19)22/h1-7,9,15H,8,10H2,(H2,19,22)(H,20,23)/t15-/m0/s1. The Morgan fingerprint density at radius 3 is 2.57 bits per heavy atom. The maximum absolute atomic E-state index is 12.6. The van der Waals surface area contributed by atoms with Crippen molar-refractivity contribution in [3.63, 3.8) is 0 Å². The quantitative estimate of drug-likeness (QED) is 0.889. The van der Waals surface area contributed by atoms with E-state index >= 15 is 0 Å². The molecule has 1 aliphatic heterocycles. The van der Waals surface area contributed by atoms with Gasteiger partial charge in [-0.2, -0.15) is 0 Å². The van der Waals surface area contributed by atoms with E-state index in [2.05, 4.69) is 5.32 Å². The summed E-state index contributed by atoms with van der Waals surface area (Å²) >= 11 is 5.92. The topological polar surface area (TPSA) is 75.4 Å². The van der Waals surface area contributed by atoms with Gasteiger partial charge >= 0.3 is 6.03 Å². The average molecular weight is 330 g/mol. The molecule has 0 spiro atoms. The van der Waals surface area contributed by atoms with E-state index in [0.29, 0.717) is 23.7 Å². The number of nitrogens with two attached hydrogens (primary N) is 1. The van der Waals surface area contributed by atoms with Crippen LogP contribution in [-0.2, 0) is 17.8 Å². The lowest BCUT2D eigenvalue weighted by molar-refractivity contribution is -0.122. The summed E-state index contributed by atoms with van der Waals surface area (Å²) in [5.74, 6) is -0.513. The first-order valence-electron chi connectivity index (χ1n) is 7.24. The summed E-state index contributed by atoms with van der Waals surface area (Å²) in [4.78, 5) is 25.8. The van der Waals surface area contributed by atoms with Crippen LogP contribution in [0, 0.1) is 0 Å². The summed E-state index contributed by atoms with van der Waals surface area (Å²) < 4.78 is 0. The van der Waals surface area contributed by atoms with Gasteiger partial charge in [0.1, 0.15) is 6.04 Å². The van der Waals surface area contributed by atoms with Crippen LogP contribution in [0.1, 0.15) is 11.1 Å². The summed E-state index contributed by atoms with van der Waals surface area (Å²) in [5, 5.41) is 3.29. The van der Waals surface area contributed by atoms with Gasteiger partial charge in [0.05, 0.1) is 0 Å². The van der Waals surface area contributed by atoms with Gasteiger partial charge in [0.2, 0.25) is 5.91 Å². The fourth-order valence-corrected chi connectivity index (χ4v) is 2.94. The molecule has 3 amide bonds. The Kier molecular flexibility index (Phi) is 4.21. The van der Waals surface area contributed by atoms with E-state index in [1.165, 1.54) is 4.90 Å². The second-order valence-corrected chi connectivity index (χ2v) is 5.90. The minimum Gasteiger partial charge on any atom is -0.368 e. The monoisotopic (exact) mass is 329 g/mol. The van der Waals surface area contributed by atoms with Gasteiger partial charge in [-0.25, -0.2) is 4.79 Å². The molecule has 23 heavy (non-hydrogen) atoms. The van der Waals surface area contributed by atoms with Crippen molar-refractivity contribution in [2.45, 2.75) is 19.0 Å². The second kappa shape index (κ2) is 6.30. The molecule has 0 radical (unpaired) electrons. The molecule has 5 nitrogen and oxygen atoms in total. The molecule has 0 aliphatic carbocycles. The molecule has 1 atom stereocenters. The fraction of sp³-hybridized carbons (Fsp3) is 0.176. The van der Waals surface area contributed by atoms with E-state index < -0.39 is 11.9 Å². The molecular weight excluding hydrogens is 314 g/mol. The molecule has 0 aromatic heterocycles. The molecule has 6 heteroatoms. The zero-order valence-corrected chi connectivity index (χ0v) is 13.1. The number of primary amides is 1. The second-order valence-electron chi connectivity index (χ2n) is 5.46. The lowest BCUT2D eigenvalue weighted by Crippen LogP contribution is -2.52. The van der Waals surface area contributed by atoms with Gasteiger partial charge in [-0.1, -0.05) is 41.9 Å². The number of anilines is 1. The van der Waals surface area contributed by atoms with E-state index in [-0.39, 0.29) is 6.03 Å². The zero-order valence-electron chi connectivity index (χ0n) is 12.3. The van der Waals surface area contributed by atoms with E-state index in [1.807, 2.05) is 24.3 Å². The molecule has 2 aromatic carbocycles. The molecule has 1 aliphatic rings. The first kappa shape index (κ1) is 15.4. The third-order valence-electron chi connectivity index (χ3n) is 3.91. The van der Waals surface area contributed by atoms with Crippen molar-refractivity contribution in [2.75, 3.05) is 5.32 Å². The maximum Gasteiger partial charge on any atom is 0.322 e. The SMILES string of the molecule is NC(=O)[C@@H]1Cc2ccccc2CN1C(=O)Nc1cccc(Cl)c1. The smallest absolute Gasteiger partial charge is 0.322 e. The molecular formula is C17H16ClN3O2. The lowest BCUT2D eigenvalue weighted by atomic mass is 9.94. The minimum atomic E-state index is -0.663. The minimum absolute atomic E-state index is 0.343. The van der Waals surface area contributed by atoms with Crippen LogP contribution >= 0.6 is 11.6 Å². The van der Waals surface area contributed by atoms with E-state index in [0.717, 1.165) is 11.1 Å². The molecule has 0 fully saturated rings. The summed E-state index contributed by atoms with van der Waals surface area (Å²) in [6, 6.07) is 13.6. The third kappa shape index (κ3) is 3.29. The highest BCUT2D eigenvalue weighted by atomic mass is 35.5. The first-order chi connectivity index (χ1) is 11.0. The van der Waals surface area contributed by atoms with E-state index in [1.54, 1.807) is 24.3 Å². The summed E-state index contributed by atoms with van der Waals surface area (Å²) in [7, 11) is 0. The van der Waals surface area contributed by atoms with Crippen LogP contribution < -0.4 is 11.1 Å². The van der Waals surface area contributed by atoms with E-state index in [4.69, 9.17) is 17.3 Å². The summed E-state index contributed by atoms with van der Waals surface area (Å²) in [5.41, 5.74) is 8.13. The van der Waals surface area contributed by atoms with Gasteiger partial charge in [-0.15, -0.1) is 0 Å². The van der Waals surface area contributed by atoms with Gasteiger partial charge < -0.3 is 16.0 Å². The van der Waals surface area contributed by atoms with Crippen LogP contribution in [0.2, 0.25) is 5.02 Å². The molecule has 0 saturated carbocycles. The van der Waals surface area contributed by atoms with Crippen LogP contribution in [0.15, 0.2) is 48.5 Å². The first-order valence-corrected chi connectivity index (χ1v) is 7.61. The number of amides is 3. The molecule has 2 aromatic rings. The van der Waals surface area contributed by atoms with Crippen molar-refractivity contribution in [3.05, 3.63) is 64.7 Å². The number of urea groups is 1. The number of hydrogen-bond donors (Lipinski definition) is 2. The molecule has 118 valence electrons. The van der Waals surface area contributed by atoms with Crippen LogP contribution in [0.4, 0.5) is 10.5 Å². The van der Waals surface area contributed by atoms with Gasteiger partial charge in [-0.05, 0) is 29.3 Å². The number of hydrogen-bond acceptors (Lipinski definition) is 2. The summed E-state index contributed by atoms with van der Waals surface area (Å²) in [6.07, 6.45) is 0.425. The van der Waals surface area contributed by atoms with Crippen molar-refractivity contribution in [3.8, 4) is 0 Å². The number of rotatable bonds is 2. The van der Waals surface area contributed by atoms with Gasteiger partial charge in [-0.3, -0.25) is 4.79 Å². The molecule has 0 unspecified atom stereocenters. The van der Waals surface area contributed by atoms with Crippen molar-refractivity contribution in [1.29, 1.82) is 0 Å². The molecule has 3 rings (SSSR count). The van der Waals surface area contributed by atoms with Crippen molar-refractivity contribution in [1.82, 2.24) is 4.90 Å². The molecule has 0 bridgehead atoms. The Morgan fingerprint density at radius 1 is 1.13 bits per heavy atom. The molecule has 3 N–H and O–H groups in total. The predicted molar refractivity (Wildman–Crippen MR) is 89.1 cm³/mol. The largest absolute Gasteiger partial charge is 0.368 e. The Bertz CT molecular complexity index is 763. The third-order valence-corrected chi connectivity index (χ3v) is 4.15. The zero-order chi connectivity index (χ0) is 16.4. The number of carbonyl (C=O) groups is 2. The summed E-state index contributed by atoms with van der Waals surface area (Å²) in [6.45, 7) is 0.343. The Balaban J connectivity index is 1.84. The van der Waals surface area contributed by atoms with Gasteiger partial charge in [0, 0.05) is 23.7 Å². The number of benzene rings is 2. The Labute approximate surface area is 139 Å². The van der Waals surface area contributed by atoms with Crippen molar-refractivity contribution >= 4 is 29.2 Å². The Hall–Kier alpha value is -2.53. The molecule has 0 saturated heterocycles. The normalized spacial score (nSPS) is 16.6. The number of nitrogens with zero attached hydrogens (tertiary/aromatic N) is 1. The fourth-order valence-electron chi connectivity index (χ4n) is 2.75. The van der Waals surface area contributed by atoms with Gasteiger partial charge in [0.25, 0.3) is 0 Å². The number of carbonyl (C=O) groups excluding carboxylic acids is 2. The number of halogens is 1. The van der Waals surface area contributed by atoms with Crippen LogP contribution in [-0.4, -0.2) is 22.9 Å². The van der Waals surface area contributed by atoms with Crippen LogP contribution in [0.5, 0.6) is 0 Å². The highest BCUT2D eigenvalue weighted by Gasteiger charge is 2.33. The van der Waals surface area contributed by atoms with Crippen LogP contribution in [0.25, 0.3) is 0 Å². The highest BCUT2D eigenvalue weighted by Crippen LogP contribution is 2.24.